The van der Waals surface area contributed by atoms with Gasteiger partial charge in [0.25, 0.3) is 5.91 Å². The summed E-state index contributed by atoms with van der Waals surface area (Å²) in [5.41, 5.74) is 2.32. The molecule has 1 saturated heterocycles. The van der Waals surface area contributed by atoms with Crippen LogP contribution in [0.1, 0.15) is 23.3 Å². The van der Waals surface area contributed by atoms with Gasteiger partial charge in [-0.25, -0.2) is 0 Å². The molecule has 2 heterocycles. The van der Waals surface area contributed by atoms with Crippen LogP contribution in [0.15, 0.2) is 53.0 Å². The van der Waals surface area contributed by atoms with Crippen molar-refractivity contribution in [3.63, 3.8) is 0 Å². The molecule has 0 spiro atoms. The van der Waals surface area contributed by atoms with E-state index in [0.717, 1.165) is 46.3 Å². The number of halogens is 1. The minimum absolute atomic E-state index is 0.159. The van der Waals surface area contributed by atoms with Crippen molar-refractivity contribution in [1.82, 2.24) is 4.57 Å². The molecule has 1 fully saturated rings. The Morgan fingerprint density at radius 3 is 2.74 bits per heavy atom. The summed E-state index contributed by atoms with van der Waals surface area (Å²) in [6.07, 6.45) is 2.34. The lowest BCUT2D eigenvalue weighted by Crippen LogP contribution is -2.17. The largest absolute Gasteiger partial charge is 0.491 e. The molecule has 1 aliphatic rings. The molecular weight excluding hydrogens is 408 g/mol. The van der Waals surface area contributed by atoms with E-state index in [-0.39, 0.29) is 12.0 Å². The van der Waals surface area contributed by atoms with Crippen LogP contribution in [-0.2, 0) is 11.8 Å². The number of ether oxygens (including phenoxy) is 2. The molecule has 1 amide bonds. The molecule has 0 saturated carbocycles. The van der Waals surface area contributed by atoms with E-state index >= 15 is 0 Å². The Balaban J connectivity index is 1.45. The second-order valence-corrected chi connectivity index (χ2v) is 7.46. The molecule has 2 aromatic carbocycles. The fourth-order valence-electron chi connectivity index (χ4n) is 3.39. The van der Waals surface area contributed by atoms with E-state index in [0.29, 0.717) is 12.3 Å². The molecule has 1 aromatic heterocycles. The molecule has 1 atom stereocenters. The summed E-state index contributed by atoms with van der Waals surface area (Å²) >= 11 is 3.57. The number of fused-ring (bicyclic) bond motifs is 1. The number of carbonyl (C=O) groups excluding carboxylic acids is 1. The van der Waals surface area contributed by atoms with Gasteiger partial charge in [0.05, 0.1) is 10.6 Å². The number of aryl methyl sites for hydroxylation is 1. The Morgan fingerprint density at radius 1 is 1.26 bits per heavy atom. The van der Waals surface area contributed by atoms with Crippen LogP contribution in [0, 0.1) is 0 Å². The number of rotatable bonds is 5. The van der Waals surface area contributed by atoms with Gasteiger partial charge in [0.15, 0.2) is 0 Å². The maximum absolute atomic E-state index is 12.8. The highest BCUT2D eigenvalue weighted by Gasteiger charge is 2.19. The molecule has 0 aliphatic carbocycles. The van der Waals surface area contributed by atoms with Crippen molar-refractivity contribution in [3.8, 4) is 5.75 Å². The van der Waals surface area contributed by atoms with Gasteiger partial charge in [0.2, 0.25) is 0 Å². The Kier molecular flexibility index (Phi) is 5.18. The number of amides is 1. The molecule has 6 heteroatoms. The summed E-state index contributed by atoms with van der Waals surface area (Å²) in [4.78, 5) is 12.8. The van der Waals surface area contributed by atoms with Gasteiger partial charge in [0, 0.05) is 30.2 Å². The third-order valence-electron chi connectivity index (χ3n) is 4.83. The first-order chi connectivity index (χ1) is 13.1. The van der Waals surface area contributed by atoms with E-state index in [1.54, 1.807) is 0 Å². The second-order valence-electron chi connectivity index (χ2n) is 6.66. The first-order valence-electron chi connectivity index (χ1n) is 9.02. The summed E-state index contributed by atoms with van der Waals surface area (Å²) < 4.78 is 14.0. The summed E-state index contributed by atoms with van der Waals surface area (Å²) in [6, 6.07) is 15.3. The SMILES string of the molecule is Cn1c(C(=O)Nc2ccc(OC[C@@H]3CCCO3)cc2)c(Br)c2ccccc21. The van der Waals surface area contributed by atoms with Gasteiger partial charge in [-0.05, 0) is 59.1 Å². The minimum Gasteiger partial charge on any atom is -0.491 e. The van der Waals surface area contributed by atoms with Gasteiger partial charge >= 0.3 is 0 Å². The van der Waals surface area contributed by atoms with Gasteiger partial charge in [-0.15, -0.1) is 0 Å². The Bertz CT molecular complexity index is 920. The van der Waals surface area contributed by atoms with E-state index in [1.807, 2.05) is 60.1 Å². The number of carbonyl (C=O) groups is 1. The van der Waals surface area contributed by atoms with Crippen LogP contribution >= 0.6 is 15.9 Å². The average molecular weight is 429 g/mol. The van der Waals surface area contributed by atoms with Gasteiger partial charge in [-0.3, -0.25) is 4.79 Å². The third kappa shape index (κ3) is 3.73. The monoisotopic (exact) mass is 428 g/mol. The van der Waals surface area contributed by atoms with E-state index in [2.05, 4.69) is 21.2 Å². The zero-order valence-corrected chi connectivity index (χ0v) is 16.7. The Labute approximate surface area is 166 Å². The molecule has 140 valence electrons. The minimum atomic E-state index is -0.159. The lowest BCUT2D eigenvalue weighted by Gasteiger charge is -2.12. The molecular formula is C21H21BrN2O3. The quantitative estimate of drug-likeness (QED) is 0.637. The average Bonchev–Trinajstić information content (AvgIpc) is 3.29. The summed E-state index contributed by atoms with van der Waals surface area (Å²) in [5.74, 6) is 0.614. The predicted molar refractivity (Wildman–Crippen MR) is 109 cm³/mol. The fourth-order valence-corrected chi connectivity index (χ4v) is 4.17. The van der Waals surface area contributed by atoms with Crippen LogP contribution in [0.25, 0.3) is 10.9 Å². The molecule has 0 unspecified atom stereocenters. The van der Waals surface area contributed by atoms with Crippen molar-refractivity contribution in [1.29, 1.82) is 0 Å². The standard InChI is InChI=1S/C21H21BrN2O3/c1-24-18-7-3-2-6-17(18)19(22)20(24)21(25)23-14-8-10-15(11-9-14)27-13-16-5-4-12-26-16/h2-3,6-11,16H,4-5,12-13H2,1H3,(H,23,25)/t16-/m0/s1. The fraction of sp³-hybridized carbons (Fsp3) is 0.286. The van der Waals surface area contributed by atoms with Crippen LogP contribution in [0.4, 0.5) is 5.69 Å². The van der Waals surface area contributed by atoms with Gasteiger partial charge in [0.1, 0.15) is 18.1 Å². The number of anilines is 1. The highest BCUT2D eigenvalue weighted by Crippen LogP contribution is 2.30. The first-order valence-corrected chi connectivity index (χ1v) is 9.81. The maximum atomic E-state index is 12.8. The van der Waals surface area contributed by atoms with Crippen molar-refractivity contribution in [2.75, 3.05) is 18.5 Å². The van der Waals surface area contributed by atoms with Crippen LogP contribution in [-0.4, -0.2) is 29.8 Å². The molecule has 0 radical (unpaired) electrons. The molecule has 5 nitrogen and oxygen atoms in total. The maximum Gasteiger partial charge on any atom is 0.273 e. The number of benzene rings is 2. The molecule has 0 bridgehead atoms. The van der Waals surface area contributed by atoms with E-state index in [1.165, 1.54) is 0 Å². The topological polar surface area (TPSA) is 52.5 Å². The number of nitrogens with zero attached hydrogens (tertiary/aromatic N) is 1. The zero-order valence-electron chi connectivity index (χ0n) is 15.1. The van der Waals surface area contributed by atoms with E-state index in [9.17, 15) is 4.79 Å². The number of hydrogen-bond acceptors (Lipinski definition) is 3. The van der Waals surface area contributed by atoms with Gasteiger partial charge in [-0.2, -0.15) is 0 Å². The lowest BCUT2D eigenvalue weighted by atomic mass is 10.2. The van der Waals surface area contributed by atoms with Gasteiger partial charge in [-0.1, -0.05) is 18.2 Å². The number of nitrogens with one attached hydrogen (secondary N) is 1. The summed E-state index contributed by atoms with van der Waals surface area (Å²) in [7, 11) is 1.89. The predicted octanol–water partition coefficient (Wildman–Crippen LogP) is 4.75. The van der Waals surface area contributed by atoms with Crippen LogP contribution < -0.4 is 10.1 Å². The smallest absolute Gasteiger partial charge is 0.273 e. The number of para-hydroxylation sites is 1. The van der Waals surface area contributed by atoms with Crippen molar-refractivity contribution >= 4 is 38.4 Å². The highest BCUT2D eigenvalue weighted by atomic mass is 79.9. The molecule has 3 aromatic rings. The van der Waals surface area contributed by atoms with Crippen LogP contribution in [0.5, 0.6) is 5.75 Å². The zero-order chi connectivity index (χ0) is 18.8. The van der Waals surface area contributed by atoms with Crippen molar-refractivity contribution < 1.29 is 14.3 Å². The number of aromatic nitrogens is 1. The Morgan fingerprint density at radius 2 is 2.04 bits per heavy atom. The first kappa shape index (κ1) is 18.1. The Hall–Kier alpha value is -2.31. The van der Waals surface area contributed by atoms with E-state index < -0.39 is 0 Å². The number of hydrogen-bond donors (Lipinski definition) is 1. The van der Waals surface area contributed by atoms with Crippen molar-refractivity contribution in [2.24, 2.45) is 7.05 Å². The van der Waals surface area contributed by atoms with Crippen molar-refractivity contribution in [2.45, 2.75) is 18.9 Å². The molecule has 4 rings (SSSR count). The lowest BCUT2D eigenvalue weighted by molar-refractivity contribution is 0.0679. The van der Waals surface area contributed by atoms with Crippen molar-refractivity contribution in [3.05, 3.63) is 58.7 Å². The van der Waals surface area contributed by atoms with E-state index in [4.69, 9.17) is 9.47 Å². The highest BCUT2D eigenvalue weighted by molar-refractivity contribution is 9.10. The molecule has 27 heavy (non-hydrogen) atoms. The molecule has 1 N–H and O–H groups in total. The van der Waals surface area contributed by atoms with Crippen LogP contribution in [0.2, 0.25) is 0 Å². The molecule has 1 aliphatic heterocycles. The van der Waals surface area contributed by atoms with Crippen LogP contribution in [0.3, 0.4) is 0 Å². The normalized spacial score (nSPS) is 16.6. The van der Waals surface area contributed by atoms with Gasteiger partial charge < -0.3 is 19.4 Å². The summed E-state index contributed by atoms with van der Waals surface area (Å²) in [5, 5.41) is 3.97. The summed E-state index contributed by atoms with van der Waals surface area (Å²) in [6.45, 7) is 1.39. The third-order valence-corrected chi connectivity index (χ3v) is 5.64. The second kappa shape index (κ2) is 7.74.